The van der Waals surface area contributed by atoms with Crippen LogP contribution in [0.2, 0.25) is 0 Å². The first-order valence-corrected chi connectivity index (χ1v) is 14.4. The van der Waals surface area contributed by atoms with Crippen LogP contribution in [0.1, 0.15) is 24.2 Å². The number of likely N-dealkylation sites (N-methyl/N-ethyl adjacent to an activating group) is 1. The van der Waals surface area contributed by atoms with Gasteiger partial charge in [0.25, 0.3) is 5.91 Å². The molecule has 3 heterocycles. The molecule has 0 saturated carbocycles. The first kappa shape index (κ1) is 25.1. The summed E-state index contributed by atoms with van der Waals surface area (Å²) in [6.07, 6.45) is -0.329. The molecule has 2 atom stereocenters. The van der Waals surface area contributed by atoms with Gasteiger partial charge >= 0.3 is 0 Å². The van der Waals surface area contributed by atoms with Gasteiger partial charge in [0.1, 0.15) is 0 Å². The van der Waals surface area contributed by atoms with Gasteiger partial charge in [-0.25, -0.2) is 13.4 Å². The monoisotopic (exact) mass is 529 g/mol. The third-order valence-corrected chi connectivity index (χ3v) is 9.47. The fraction of sp³-hybridized carbons (Fsp3) is 0.440. The molecule has 36 heavy (non-hydrogen) atoms. The molecule has 0 bridgehead atoms. The first-order valence-electron chi connectivity index (χ1n) is 12.1. The molecule has 5 rings (SSSR count). The van der Waals surface area contributed by atoms with Crippen molar-refractivity contribution in [2.45, 2.75) is 31.0 Å². The summed E-state index contributed by atoms with van der Waals surface area (Å²) < 4.78 is 34.2. The van der Waals surface area contributed by atoms with Crippen LogP contribution in [0.25, 0.3) is 10.2 Å². The molecule has 2 saturated heterocycles. The number of carbonyl (C=O) groups excluding carboxylic acids is 1. The Morgan fingerprint density at radius 1 is 1.03 bits per heavy atom. The zero-order valence-electron chi connectivity index (χ0n) is 20.7. The van der Waals surface area contributed by atoms with E-state index in [0.29, 0.717) is 24.3 Å². The lowest BCUT2D eigenvalue weighted by Crippen LogP contribution is -2.48. The Morgan fingerprint density at radius 2 is 1.69 bits per heavy atom. The molecule has 2 unspecified atom stereocenters. The van der Waals surface area contributed by atoms with Crippen LogP contribution < -0.4 is 10.2 Å². The summed E-state index contributed by atoms with van der Waals surface area (Å²) in [4.78, 5) is 22.4. The molecule has 9 nitrogen and oxygen atoms in total. The lowest BCUT2D eigenvalue weighted by Gasteiger charge is -2.34. The van der Waals surface area contributed by atoms with E-state index in [1.807, 2.05) is 32.0 Å². The molecule has 11 heteroatoms. The number of anilines is 2. The highest BCUT2D eigenvalue weighted by atomic mass is 32.2. The Hall–Kier alpha value is -2.57. The number of rotatable bonds is 5. The molecule has 0 radical (unpaired) electrons. The van der Waals surface area contributed by atoms with Crippen LogP contribution >= 0.6 is 11.3 Å². The maximum atomic E-state index is 13.1. The summed E-state index contributed by atoms with van der Waals surface area (Å²) in [5, 5.41) is 3.92. The number of benzene rings is 2. The van der Waals surface area contributed by atoms with Crippen LogP contribution in [-0.4, -0.2) is 87.0 Å². The number of morpholine rings is 1. The van der Waals surface area contributed by atoms with Crippen molar-refractivity contribution >= 4 is 48.3 Å². The Morgan fingerprint density at radius 3 is 2.36 bits per heavy atom. The van der Waals surface area contributed by atoms with Crippen LogP contribution in [0.3, 0.4) is 0 Å². The van der Waals surface area contributed by atoms with Gasteiger partial charge in [0.05, 0.1) is 27.3 Å². The molecular weight excluding hydrogens is 498 g/mol. The summed E-state index contributed by atoms with van der Waals surface area (Å²) in [5.41, 5.74) is 1.97. The summed E-state index contributed by atoms with van der Waals surface area (Å²) in [5.74, 6) is -0.296. The minimum absolute atomic E-state index is 0.165. The molecule has 2 aliphatic rings. The first-order chi connectivity index (χ1) is 17.2. The number of thiazole rings is 1. The SMILES string of the molecule is CC1CN(S(=O)(=O)c2ccc(C(=O)Nc3ccc4nc(N5CCN(C)CC5)sc4c3)cc2)CC(C)O1. The van der Waals surface area contributed by atoms with Gasteiger partial charge in [-0.15, -0.1) is 0 Å². The van der Waals surface area contributed by atoms with E-state index in [1.54, 1.807) is 23.5 Å². The molecule has 1 N–H and O–H groups in total. The lowest BCUT2D eigenvalue weighted by atomic mass is 10.2. The number of amides is 1. The smallest absolute Gasteiger partial charge is 0.255 e. The molecule has 0 spiro atoms. The minimum Gasteiger partial charge on any atom is -0.373 e. The van der Waals surface area contributed by atoms with Gasteiger partial charge in [-0.05, 0) is 63.4 Å². The molecule has 2 aliphatic heterocycles. The number of hydrogen-bond acceptors (Lipinski definition) is 8. The van der Waals surface area contributed by atoms with E-state index in [0.717, 1.165) is 41.5 Å². The quantitative estimate of drug-likeness (QED) is 0.543. The minimum atomic E-state index is -3.65. The number of piperazine rings is 1. The average Bonchev–Trinajstić information content (AvgIpc) is 3.27. The van der Waals surface area contributed by atoms with E-state index in [4.69, 9.17) is 9.72 Å². The van der Waals surface area contributed by atoms with Gasteiger partial charge < -0.3 is 19.9 Å². The fourth-order valence-corrected chi connectivity index (χ4v) is 7.23. The zero-order valence-corrected chi connectivity index (χ0v) is 22.3. The van der Waals surface area contributed by atoms with Gasteiger partial charge in [0.2, 0.25) is 10.0 Å². The summed E-state index contributed by atoms with van der Waals surface area (Å²) in [7, 11) is -1.53. The van der Waals surface area contributed by atoms with E-state index in [9.17, 15) is 13.2 Å². The number of nitrogens with one attached hydrogen (secondary N) is 1. The third-order valence-electron chi connectivity index (χ3n) is 6.55. The second-order valence-electron chi connectivity index (χ2n) is 9.53. The normalized spacial score (nSPS) is 22.1. The van der Waals surface area contributed by atoms with E-state index in [1.165, 1.54) is 16.4 Å². The number of carbonyl (C=O) groups is 1. The molecule has 2 fully saturated rings. The molecule has 3 aromatic rings. The van der Waals surface area contributed by atoms with Crippen LogP contribution in [0.4, 0.5) is 10.8 Å². The van der Waals surface area contributed by atoms with Crippen molar-refractivity contribution in [3.05, 3.63) is 48.0 Å². The van der Waals surface area contributed by atoms with Crippen molar-refractivity contribution in [1.29, 1.82) is 0 Å². The predicted octanol–water partition coefficient (Wildman–Crippen LogP) is 3.10. The van der Waals surface area contributed by atoms with Crippen molar-refractivity contribution in [3.8, 4) is 0 Å². The summed E-state index contributed by atoms with van der Waals surface area (Å²) in [6.45, 7) is 8.29. The number of hydrogen-bond donors (Lipinski definition) is 1. The predicted molar refractivity (Wildman–Crippen MR) is 142 cm³/mol. The number of aromatic nitrogens is 1. The van der Waals surface area contributed by atoms with Gasteiger partial charge in [-0.2, -0.15) is 4.31 Å². The van der Waals surface area contributed by atoms with Crippen LogP contribution in [-0.2, 0) is 14.8 Å². The highest BCUT2D eigenvalue weighted by molar-refractivity contribution is 7.89. The topological polar surface area (TPSA) is 95.1 Å². The Kier molecular flexibility index (Phi) is 7.01. The average molecular weight is 530 g/mol. The number of sulfonamides is 1. The zero-order chi connectivity index (χ0) is 25.4. The molecule has 192 valence electrons. The van der Waals surface area contributed by atoms with E-state index < -0.39 is 10.0 Å². The molecule has 0 aliphatic carbocycles. The van der Waals surface area contributed by atoms with Gasteiger partial charge in [0, 0.05) is 50.5 Å². The largest absolute Gasteiger partial charge is 0.373 e. The standard InChI is InChI=1S/C25H31N5O4S2/c1-17-15-30(16-18(2)34-17)36(32,33)21-7-4-19(5-8-21)24(31)26-20-6-9-22-23(14-20)35-25(27-22)29-12-10-28(3)11-13-29/h4-9,14,17-18H,10-13,15-16H2,1-3H3,(H,26,31). The van der Waals surface area contributed by atoms with Crippen molar-refractivity contribution in [1.82, 2.24) is 14.2 Å². The summed E-state index contributed by atoms with van der Waals surface area (Å²) >= 11 is 1.63. The molecule has 1 amide bonds. The van der Waals surface area contributed by atoms with Gasteiger partial charge in [0.15, 0.2) is 5.13 Å². The lowest BCUT2D eigenvalue weighted by molar-refractivity contribution is -0.0440. The molecule has 2 aromatic carbocycles. The summed E-state index contributed by atoms with van der Waals surface area (Å²) in [6, 6.07) is 11.8. The van der Waals surface area contributed by atoms with Crippen molar-refractivity contribution in [3.63, 3.8) is 0 Å². The van der Waals surface area contributed by atoms with Crippen LogP contribution in [0.5, 0.6) is 0 Å². The second-order valence-corrected chi connectivity index (χ2v) is 12.5. The number of ether oxygens (including phenoxy) is 1. The maximum absolute atomic E-state index is 13.1. The van der Waals surface area contributed by atoms with Crippen LogP contribution in [0.15, 0.2) is 47.4 Å². The molecule has 1 aromatic heterocycles. The van der Waals surface area contributed by atoms with Crippen molar-refractivity contribution < 1.29 is 17.9 Å². The van der Waals surface area contributed by atoms with Crippen molar-refractivity contribution in [2.75, 3.05) is 56.5 Å². The second kappa shape index (κ2) is 10.1. The van der Waals surface area contributed by atoms with Gasteiger partial charge in [-0.1, -0.05) is 11.3 Å². The van der Waals surface area contributed by atoms with Crippen LogP contribution in [0, 0.1) is 0 Å². The van der Waals surface area contributed by atoms with E-state index in [2.05, 4.69) is 22.2 Å². The van der Waals surface area contributed by atoms with Crippen molar-refractivity contribution in [2.24, 2.45) is 0 Å². The Balaban J connectivity index is 1.27. The highest BCUT2D eigenvalue weighted by Gasteiger charge is 2.32. The van der Waals surface area contributed by atoms with E-state index in [-0.39, 0.29) is 23.0 Å². The Labute approximate surface area is 215 Å². The van der Waals surface area contributed by atoms with E-state index >= 15 is 0 Å². The Bertz CT molecular complexity index is 1340. The maximum Gasteiger partial charge on any atom is 0.255 e. The fourth-order valence-electron chi connectivity index (χ4n) is 4.58. The molecular formula is C25H31N5O4S2. The third kappa shape index (κ3) is 5.25. The highest BCUT2D eigenvalue weighted by Crippen LogP contribution is 2.31. The number of fused-ring (bicyclic) bond motifs is 1. The van der Waals surface area contributed by atoms with Gasteiger partial charge in [-0.3, -0.25) is 4.79 Å². The number of nitrogens with zero attached hydrogens (tertiary/aromatic N) is 4.